The molecule has 0 unspecified atom stereocenters. The van der Waals surface area contributed by atoms with Gasteiger partial charge in [0.2, 0.25) is 5.91 Å². The number of likely N-dealkylation sites (tertiary alicyclic amines) is 1. The highest BCUT2D eigenvalue weighted by atomic mass is 16.5. The van der Waals surface area contributed by atoms with Gasteiger partial charge in [0.05, 0.1) is 11.5 Å². The van der Waals surface area contributed by atoms with Crippen LogP contribution in [-0.2, 0) is 9.59 Å². The van der Waals surface area contributed by atoms with Crippen LogP contribution >= 0.6 is 0 Å². The second-order valence-electron chi connectivity index (χ2n) is 5.47. The molecule has 1 aliphatic rings. The monoisotopic (exact) mass is 301 g/mol. The lowest BCUT2D eigenvalue weighted by molar-refractivity contribution is -0.139. The largest absolute Gasteiger partial charge is 0.482 e. The number of benzene rings is 1. The van der Waals surface area contributed by atoms with Gasteiger partial charge in [0.1, 0.15) is 11.8 Å². The number of piperidine rings is 1. The molecule has 0 radical (unpaired) electrons. The number of nitrogens with two attached hydrogens (primary N) is 1. The summed E-state index contributed by atoms with van der Waals surface area (Å²) >= 11 is 0. The van der Waals surface area contributed by atoms with Crippen LogP contribution in [0.3, 0.4) is 0 Å². The molecule has 2 amide bonds. The lowest BCUT2D eigenvalue weighted by Crippen LogP contribution is -2.50. The van der Waals surface area contributed by atoms with Crippen LogP contribution in [0.1, 0.15) is 25.3 Å². The summed E-state index contributed by atoms with van der Waals surface area (Å²) in [4.78, 5) is 25.3. The van der Waals surface area contributed by atoms with E-state index in [0.29, 0.717) is 24.3 Å². The number of hydrogen-bond donors (Lipinski definition) is 1. The molecule has 1 heterocycles. The number of primary amides is 1. The number of hydrogen-bond acceptors (Lipinski definition) is 4. The van der Waals surface area contributed by atoms with Crippen molar-refractivity contribution in [3.8, 4) is 11.8 Å². The van der Waals surface area contributed by atoms with E-state index < -0.39 is 0 Å². The third kappa shape index (κ3) is 3.55. The molecule has 1 aromatic carbocycles. The summed E-state index contributed by atoms with van der Waals surface area (Å²) in [6.07, 6.45) is 1.45. The zero-order valence-electron chi connectivity index (χ0n) is 12.5. The molecule has 2 N–H and O–H groups in total. The molecule has 2 rings (SSSR count). The van der Waals surface area contributed by atoms with Crippen LogP contribution in [0.2, 0.25) is 0 Å². The van der Waals surface area contributed by atoms with E-state index in [2.05, 4.69) is 0 Å². The first-order chi connectivity index (χ1) is 10.5. The number of rotatable bonds is 4. The molecule has 6 heteroatoms. The Kier molecular flexibility index (Phi) is 4.99. The van der Waals surface area contributed by atoms with Gasteiger partial charge in [0, 0.05) is 12.6 Å². The van der Waals surface area contributed by atoms with E-state index in [1.807, 2.05) is 13.0 Å². The van der Waals surface area contributed by atoms with E-state index in [-0.39, 0.29) is 30.4 Å². The van der Waals surface area contributed by atoms with E-state index in [9.17, 15) is 9.59 Å². The molecule has 1 aromatic rings. The number of nitrogens with zero attached hydrogens (tertiary/aromatic N) is 2. The first-order valence-electron chi connectivity index (χ1n) is 7.23. The Morgan fingerprint density at radius 2 is 2.14 bits per heavy atom. The summed E-state index contributed by atoms with van der Waals surface area (Å²) in [5.74, 6) is -0.493. The average Bonchev–Trinajstić information content (AvgIpc) is 2.53. The predicted octanol–water partition coefficient (Wildman–Crippen LogP) is 1.05. The average molecular weight is 301 g/mol. The third-order valence-electron chi connectivity index (χ3n) is 3.96. The summed E-state index contributed by atoms with van der Waals surface area (Å²) < 4.78 is 5.46. The minimum absolute atomic E-state index is 0.0536. The Bertz CT molecular complexity index is 609. The van der Waals surface area contributed by atoms with Crippen LogP contribution in [0.4, 0.5) is 0 Å². The van der Waals surface area contributed by atoms with Gasteiger partial charge in [0.15, 0.2) is 6.61 Å². The first kappa shape index (κ1) is 15.8. The summed E-state index contributed by atoms with van der Waals surface area (Å²) in [5.41, 5.74) is 5.72. The second kappa shape index (κ2) is 6.94. The zero-order valence-corrected chi connectivity index (χ0v) is 12.5. The Morgan fingerprint density at radius 3 is 2.82 bits per heavy atom. The number of nitriles is 1. The molecule has 116 valence electrons. The second-order valence-corrected chi connectivity index (χ2v) is 5.47. The van der Waals surface area contributed by atoms with Crippen LogP contribution in [-0.4, -0.2) is 35.9 Å². The van der Waals surface area contributed by atoms with Crippen molar-refractivity contribution >= 4 is 11.8 Å². The normalized spacial score (nSPS) is 21.0. The lowest BCUT2D eigenvalue weighted by Gasteiger charge is -2.36. The van der Waals surface area contributed by atoms with Gasteiger partial charge in [0.25, 0.3) is 5.91 Å². The van der Waals surface area contributed by atoms with Crippen molar-refractivity contribution in [1.29, 1.82) is 5.26 Å². The van der Waals surface area contributed by atoms with Gasteiger partial charge in [-0.25, -0.2) is 0 Å². The van der Waals surface area contributed by atoms with Crippen molar-refractivity contribution < 1.29 is 14.3 Å². The van der Waals surface area contributed by atoms with Crippen molar-refractivity contribution in [2.75, 3.05) is 13.2 Å². The molecular formula is C16H19N3O3. The van der Waals surface area contributed by atoms with Gasteiger partial charge in [-0.05, 0) is 31.9 Å². The molecular weight excluding hydrogens is 282 g/mol. The Labute approximate surface area is 129 Å². The van der Waals surface area contributed by atoms with E-state index in [4.69, 9.17) is 15.7 Å². The van der Waals surface area contributed by atoms with E-state index >= 15 is 0 Å². The molecule has 22 heavy (non-hydrogen) atoms. The quantitative estimate of drug-likeness (QED) is 0.899. The standard InChI is InChI=1S/C16H19N3O3/c1-11-6-7-13(16(18)21)9-19(11)15(20)10-22-14-5-3-2-4-12(14)8-17/h2-5,11,13H,6-7,9-10H2,1H3,(H2,18,21)/t11-,13+/m1/s1. The molecule has 1 saturated heterocycles. The molecule has 0 aliphatic carbocycles. The SMILES string of the molecule is C[C@@H]1CC[C@H](C(N)=O)CN1C(=O)COc1ccccc1C#N. The van der Waals surface area contributed by atoms with E-state index in [0.717, 1.165) is 6.42 Å². The van der Waals surface area contributed by atoms with Gasteiger partial charge in [-0.15, -0.1) is 0 Å². The maximum Gasteiger partial charge on any atom is 0.260 e. The number of amides is 2. The highest BCUT2D eigenvalue weighted by Crippen LogP contribution is 2.22. The molecule has 2 atom stereocenters. The first-order valence-corrected chi connectivity index (χ1v) is 7.23. The van der Waals surface area contributed by atoms with Crippen LogP contribution in [0.5, 0.6) is 5.75 Å². The van der Waals surface area contributed by atoms with Crippen LogP contribution in [0, 0.1) is 17.2 Å². The predicted molar refractivity (Wildman–Crippen MR) is 79.7 cm³/mol. The fourth-order valence-electron chi connectivity index (χ4n) is 2.59. The summed E-state index contributed by atoms with van der Waals surface area (Å²) in [5, 5.41) is 8.99. The maximum absolute atomic E-state index is 12.3. The number of ether oxygens (including phenoxy) is 1. The molecule has 6 nitrogen and oxygen atoms in total. The highest BCUT2D eigenvalue weighted by molar-refractivity contribution is 5.81. The maximum atomic E-state index is 12.3. The Morgan fingerprint density at radius 1 is 1.41 bits per heavy atom. The Balaban J connectivity index is 1.99. The molecule has 0 aromatic heterocycles. The van der Waals surface area contributed by atoms with Crippen molar-refractivity contribution in [3.63, 3.8) is 0 Å². The molecule has 1 aliphatic heterocycles. The van der Waals surface area contributed by atoms with E-state index in [1.165, 1.54) is 0 Å². The fraction of sp³-hybridized carbons (Fsp3) is 0.438. The minimum atomic E-state index is -0.375. The van der Waals surface area contributed by atoms with Crippen LogP contribution in [0.25, 0.3) is 0 Å². The topological polar surface area (TPSA) is 96.4 Å². The van der Waals surface area contributed by atoms with Crippen molar-refractivity contribution in [1.82, 2.24) is 4.90 Å². The molecule has 0 bridgehead atoms. The summed E-state index contributed by atoms with van der Waals surface area (Å²) in [6, 6.07) is 8.83. The van der Waals surface area contributed by atoms with E-state index in [1.54, 1.807) is 29.2 Å². The van der Waals surface area contributed by atoms with Gasteiger partial charge in [-0.1, -0.05) is 12.1 Å². The Hall–Kier alpha value is -2.55. The molecule has 1 fully saturated rings. The van der Waals surface area contributed by atoms with Crippen molar-refractivity contribution in [2.45, 2.75) is 25.8 Å². The van der Waals surface area contributed by atoms with Gasteiger partial charge >= 0.3 is 0 Å². The highest BCUT2D eigenvalue weighted by Gasteiger charge is 2.31. The van der Waals surface area contributed by atoms with Crippen LogP contribution < -0.4 is 10.5 Å². The zero-order chi connectivity index (χ0) is 16.1. The van der Waals surface area contributed by atoms with Crippen LogP contribution in [0.15, 0.2) is 24.3 Å². The third-order valence-corrected chi connectivity index (χ3v) is 3.96. The summed E-state index contributed by atoms with van der Waals surface area (Å²) in [7, 11) is 0. The van der Waals surface area contributed by atoms with Crippen molar-refractivity contribution in [2.24, 2.45) is 11.7 Å². The van der Waals surface area contributed by atoms with Gasteiger partial charge in [-0.2, -0.15) is 5.26 Å². The fourth-order valence-corrected chi connectivity index (χ4v) is 2.59. The lowest BCUT2D eigenvalue weighted by atomic mass is 9.93. The minimum Gasteiger partial charge on any atom is -0.482 e. The number of carbonyl (C=O) groups is 2. The summed E-state index contributed by atoms with van der Waals surface area (Å²) in [6.45, 7) is 2.12. The van der Waals surface area contributed by atoms with Crippen molar-refractivity contribution in [3.05, 3.63) is 29.8 Å². The molecule has 0 spiro atoms. The van der Waals surface area contributed by atoms with Gasteiger partial charge in [-0.3, -0.25) is 9.59 Å². The van der Waals surface area contributed by atoms with Gasteiger partial charge < -0.3 is 15.4 Å². The molecule has 0 saturated carbocycles. The smallest absolute Gasteiger partial charge is 0.260 e. The number of carbonyl (C=O) groups excluding carboxylic acids is 2. The number of para-hydroxylation sites is 1.